The van der Waals surface area contributed by atoms with Crippen LogP contribution >= 0.6 is 0 Å². The van der Waals surface area contributed by atoms with Crippen LogP contribution in [0.25, 0.3) is 0 Å². The van der Waals surface area contributed by atoms with Gasteiger partial charge in [-0.3, -0.25) is 0 Å². The Morgan fingerprint density at radius 2 is 1.86 bits per heavy atom. The maximum Gasteiger partial charge on any atom is 0.270 e. The molecule has 0 fully saturated rings. The van der Waals surface area contributed by atoms with Crippen molar-refractivity contribution in [3.05, 3.63) is 65.2 Å². The van der Waals surface area contributed by atoms with Gasteiger partial charge in [0.25, 0.3) is 5.92 Å². The Balaban J connectivity index is 1.85. The second-order valence-corrected chi connectivity index (χ2v) is 5.21. The summed E-state index contributed by atoms with van der Waals surface area (Å²) >= 11 is 0. The predicted molar refractivity (Wildman–Crippen MR) is 82.3 cm³/mol. The van der Waals surface area contributed by atoms with Crippen molar-refractivity contribution in [3.63, 3.8) is 0 Å². The summed E-state index contributed by atoms with van der Waals surface area (Å²) in [5.74, 6) is -2.79. The summed E-state index contributed by atoms with van der Waals surface area (Å²) in [5.41, 5.74) is 8.63. The van der Waals surface area contributed by atoms with E-state index < -0.39 is 5.92 Å². The summed E-state index contributed by atoms with van der Waals surface area (Å²) in [5, 5.41) is 3.28. The number of nitrogens with one attached hydrogen (secondary N) is 1. The normalized spacial score (nSPS) is 11.6. The molecular formula is C17H20F2N2. The van der Waals surface area contributed by atoms with E-state index in [1.165, 1.54) is 6.07 Å². The summed E-state index contributed by atoms with van der Waals surface area (Å²) in [7, 11) is 0. The number of nitrogen functional groups attached to an aromatic ring is 1. The molecule has 2 aromatic carbocycles. The van der Waals surface area contributed by atoms with E-state index >= 15 is 0 Å². The van der Waals surface area contributed by atoms with E-state index in [1.54, 1.807) is 12.1 Å². The lowest BCUT2D eigenvalue weighted by Gasteiger charge is -2.12. The van der Waals surface area contributed by atoms with E-state index in [1.807, 2.05) is 30.3 Å². The second kappa shape index (κ2) is 6.68. The molecule has 21 heavy (non-hydrogen) atoms. The molecule has 0 spiro atoms. The highest BCUT2D eigenvalue weighted by Gasteiger charge is 2.23. The molecule has 0 aliphatic heterocycles. The molecule has 3 N–H and O–H groups in total. The summed E-state index contributed by atoms with van der Waals surface area (Å²) in [6.45, 7) is 2.31. The highest BCUT2D eigenvalue weighted by Crippen LogP contribution is 2.27. The average molecular weight is 290 g/mol. The first kappa shape index (κ1) is 15.4. The number of alkyl halides is 2. The average Bonchev–Trinajstić information content (AvgIpc) is 2.45. The van der Waals surface area contributed by atoms with Gasteiger partial charge < -0.3 is 11.1 Å². The van der Waals surface area contributed by atoms with Gasteiger partial charge in [0.2, 0.25) is 0 Å². The van der Waals surface area contributed by atoms with Crippen LogP contribution in [0.2, 0.25) is 0 Å². The largest absolute Gasteiger partial charge is 0.398 e. The molecular weight excluding hydrogens is 270 g/mol. The Bertz CT molecular complexity index is 591. The Hall–Kier alpha value is -1.94. The second-order valence-electron chi connectivity index (χ2n) is 5.21. The summed E-state index contributed by atoms with van der Waals surface area (Å²) in [4.78, 5) is 0. The van der Waals surface area contributed by atoms with Gasteiger partial charge in [0.1, 0.15) is 0 Å². The quantitative estimate of drug-likeness (QED) is 0.628. The fourth-order valence-electron chi connectivity index (χ4n) is 2.15. The van der Waals surface area contributed by atoms with E-state index in [0.29, 0.717) is 19.5 Å². The molecule has 112 valence electrons. The number of rotatable bonds is 6. The first-order valence-corrected chi connectivity index (χ1v) is 6.98. The molecule has 0 aromatic heterocycles. The Kier molecular flexibility index (Phi) is 4.91. The highest BCUT2D eigenvalue weighted by atomic mass is 19.3. The minimum atomic E-state index is -2.79. The van der Waals surface area contributed by atoms with Gasteiger partial charge in [-0.15, -0.1) is 0 Å². The van der Waals surface area contributed by atoms with E-state index in [2.05, 4.69) is 5.32 Å². The summed E-state index contributed by atoms with van der Waals surface area (Å²) in [6.07, 6.45) is 0.705. The van der Waals surface area contributed by atoms with Crippen LogP contribution in [0.15, 0.2) is 48.5 Å². The third-order valence-electron chi connectivity index (χ3n) is 3.39. The zero-order valence-corrected chi connectivity index (χ0v) is 12.1. The standard InChI is InChI=1S/C17H20F2N2/c1-17(18,19)15-7-4-5-13(11-15)9-10-21-12-14-6-2-3-8-16(14)20/h2-8,11,21H,9-10,12,20H2,1H3. The molecule has 0 saturated heterocycles. The third kappa shape index (κ3) is 4.53. The minimum absolute atomic E-state index is 0.0623. The number of halogens is 2. The van der Waals surface area contributed by atoms with E-state index in [0.717, 1.165) is 23.7 Å². The van der Waals surface area contributed by atoms with Gasteiger partial charge in [-0.05, 0) is 36.2 Å². The fourth-order valence-corrected chi connectivity index (χ4v) is 2.15. The van der Waals surface area contributed by atoms with Crippen LogP contribution in [-0.2, 0) is 18.9 Å². The van der Waals surface area contributed by atoms with E-state index in [4.69, 9.17) is 5.73 Å². The van der Waals surface area contributed by atoms with Gasteiger partial charge >= 0.3 is 0 Å². The number of benzene rings is 2. The first-order chi connectivity index (χ1) is 9.97. The van der Waals surface area contributed by atoms with Crippen LogP contribution in [0.1, 0.15) is 23.6 Å². The number of para-hydroxylation sites is 1. The van der Waals surface area contributed by atoms with Gasteiger partial charge in [-0.2, -0.15) is 0 Å². The third-order valence-corrected chi connectivity index (χ3v) is 3.39. The number of hydrogen-bond acceptors (Lipinski definition) is 2. The summed E-state index contributed by atoms with van der Waals surface area (Å²) in [6, 6.07) is 14.3. The maximum atomic E-state index is 13.3. The van der Waals surface area contributed by atoms with Gasteiger partial charge in [-0.25, -0.2) is 8.78 Å². The molecule has 2 aromatic rings. The molecule has 0 radical (unpaired) electrons. The SMILES string of the molecule is CC(F)(F)c1cccc(CCNCc2ccccc2N)c1. The van der Waals surface area contributed by atoms with Crippen molar-refractivity contribution in [2.24, 2.45) is 0 Å². The molecule has 0 saturated carbocycles. The van der Waals surface area contributed by atoms with Gasteiger partial charge in [0.15, 0.2) is 0 Å². The van der Waals surface area contributed by atoms with Crippen molar-refractivity contribution in [1.29, 1.82) is 0 Å². The Morgan fingerprint density at radius 1 is 1.10 bits per heavy atom. The highest BCUT2D eigenvalue weighted by molar-refractivity contribution is 5.46. The molecule has 0 amide bonds. The molecule has 0 aliphatic carbocycles. The van der Waals surface area contributed by atoms with Crippen molar-refractivity contribution < 1.29 is 8.78 Å². The molecule has 0 unspecified atom stereocenters. The lowest BCUT2D eigenvalue weighted by molar-refractivity contribution is 0.0174. The van der Waals surface area contributed by atoms with Crippen molar-refractivity contribution >= 4 is 5.69 Å². The van der Waals surface area contributed by atoms with Gasteiger partial charge in [0, 0.05) is 24.7 Å². The van der Waals surface area contributed by atoms with Gasteiger partial charge in [-0.1, -0.05) is 36.4 Å². The molecule has 2 rings (SSSR count). The predicted octanol–water partition coefficient (Wildman–Crippen LogP) is 3.71. The summed E-state index contributed by atoms with van der Waals surface area (Å²) < 4.78 is 26.5. The lowest BCUT2D eigenvalue weighted by Crippen LogP contribution is -2.17. The number of nitrogens with two attached hydrogens (primary N) is 1. The van der Waals surface area contributed by atoms with Crippen molar-refractivity contribution in [2.45, 2.75) is 25.8 Å². The molecule has 0 bridgehead atoms. The van der Waals surface area contributed by atoms with Gasteiger partial charge in [0.05, 0.1) is 0 Å². The zero-order valence-electron chi connectivity index (χ0n) is 12.1. The molecule has 0 atom stereocenters. The monoisotopic (exact) mass is 290 g/mol. The van der Waals surface area contributed by atoms with Crippen LogP contribution in [0.4, 0.5) is 14.5 Å². The number of anilines is 1. The Morgan fingerprint density at radius 3 is 2.57 bits per heavy atom. The lowest BCUT2D eigenvalue weighted by atomic mass is 10.0. The van der Waals surface area contributed by atoms with E-state index in [9.17, 15) is 8.78 Å². The van der Waals surface area contributed by atoms with Crippen molar-refractivity contribution in [1.82, 2.24) is 5.32 Å². The Labute approximate surface area is 124 Å². The minimum Gasteiger partial charge on any atom is -0.398 e. The zero-order chi connectivity index (χ0) is 15.3. The maximum absolute atomic E-state index is 13.3. The van der Waals surface area contributed by atoms with Crippen LogP contribution in [0.3, 0.4) is 0 Å². The van der Waals surface area contributed by atoms with E-state index in [-0.39, 0.29) is 5.56 Å². The van der Waals surface area contributed by atoms with Crippen molar-refractivity contribution in [2.75, 3.05) is 12.3 Å². The molecule has 2 nitrogen and oxygen atoms in total. The fraction of sp³-hybridized carbons (Fsp3) is 0.294. The van der Waals surface area contributed by atoms with Crippen LogP contribution in [0, 0.1) is 0 Å². The molecule has 4 heteroatoms. The van der Waals surface area contributed by atoms with Crippen molar-refractivity contribution in [3.8, 4) is 0 Å². The first-order valence-electron chi connectivity index (χ1n) is 6.98. The van der Waals surface area contributed by atoms with Crippen LogP contribution < -0.4 is 11.1 Å². The van der Waals surface area contributed by atoms with Crippen LogP contribution in [-0.4, -0.2) is 6.54 Å². The topological polar surface area (TPSA) is 38.0 Å². The number of hydrogen-bond donors (Lipinski definition) is 2. The smallest absolute Gasteiger partial charge is 0.270 e. The molecule has 0 aliphatic rings. The van der Waals surface area contributed by atoms with Crippen LogP contribution in [0.5, 0.6) is 0 Å². The molecule has 0 heterocycles.